The number of ether oxygens (including phenoxy) is 1. The Morgan fingerprint density at radius 2 is 2.10 bits per heavy atom. The zero-order valence-electron chi connectivity index (χ0n) is 17.2. The van der Waals surface area contributed by atoms with E-state index >= 15 is 0 Å². The number of nitrogens with one attached hydrogen (secondary N) is 1. The third-order valence-corrected chi connectivity index (χ3v) is 5.55. The van der Waals surface area contributed by atoms with E-state index in [-0.39, 0.29) is 17.8 Å². The summed E-state index contributed by atoms with van der Waals surface area (Å²) in [5.74, 6) is 0.171. The van der Waals surface area contributed by atoms with Gasteiger partial charge >= 0.3 is 0 Å². The van der Waals surface area contributed by atoms with Crippen LogP contribution in [-0.2, 0) is 17.6 Å². The maximum absolute atomic E-state index is 13.3. The molecule has 1 aliphatic carbocycles. The molecule has 1 aliphatic heterocycles. The SMILES string of the molecule is CC(C)CN1CCOC(CNC(=O)c2nn(-c3ccc(F)cc3)c3c2CCC3)C1. The first-order valence-electron chi connectivity index (χ1n) is 10.5. The molecule has 1 amide bonds. The van der Waals surface area contributed by atoms with Gasteiger partial charge in [-0.2, -0.15) is 5.10 Å². The second kappa shape index (κ2) is 8.63. The number of halogens is 1. The quantitative estimate of drug-likeness (QED) is 0.810. The van der Waals surface area contributed by atoms with Gasteiger partial charge in [0.15, 0.2) is 5.69 Å². The topological polar surface area (TPSA) is 59.4 Å². The van der Waals surface area contributed by atoms with Gasteiger partial charge in [0.05, 0.1) is 18.4 Å². The lowest BCUT2D eigenvalue weighted by molar-refractivity contribution is -0.0296. The van der Waals surface area contributed by atoms with Crippen LogP contribution >= 0.6 is 0 Å². The number of hydrogen-bond acceptors (Lipinski definition) is 4. The van der Waals surface area contributed by atoms with Gasteiger partial charge in [0, 0.05) is 37.4 Å². The molecule has 1 aromatic heterocycles. The van der Waals surface area contributed by atoms with Crippen LogP contribution in [0, 0.1) is 11.7 Å². The highest BCUT2D eigenvalue weighted by Crippen LogP contribution is 2.28. The van der Waals surface area contributed by atoms with Crippen molar-refractivity contribution in [3.63, 3.8) is 0 Å². The van der Waals surface area contributed by atoms with Crippen molar-refractivity contribution in [2.24, 2.45) is 5.92 Å². The van der Waals surface area contributed by atoms with E-state index in [1.54, 1.807) is 16.8 Å². The average molecular weight is 400 g/mol. The van der Waals surface area contributed by atoms with Crippen molar-refractivity contribution < 1.29 is 13.9 Å². The number of amides is 1. The number of fused-ring (bicyclic) bond motifs is 1. The predicted octanol–water partition coefficient (Wildman–Crippen LogP) is 2.59. The molecule has 1 aromatic carbocycles. The van der Waals surface area contributed by atoms with Gasteiger partial charge in [-0.15, -0.1) is 0 Å². The first kappa shape index (κ1) is 20.0. The van der Waals surface area contributed by atoms with Crippen LogP contribution in [0.1, 0.15) is 42.0 Å². The standard InChI is InChI=1S/C22H29FN4O2/c1-15(2)13-26-10-11-29-18(14-26)12-24-22(28)21-19-4-3-5-20(19)27(25-21)17-8-6-16(23)7-9-17/h6-9,15,18H,3-5,10-14H2,1-2H3,(H,24,28). The number of benzene rings is 1. The van der Waals surface area contributed by atoms with Crippen molar-refractivity contribution in [3.05, 3.63) is 47.0 Å². The Labute approximate surface area is 171 Å². The lowest BCUT2D eigenvalue weighted by Gasteiger charge is -2.33. The number of morpholine rings is 1. The molecule has 7 heteroatoms. The molecule has 0 saturated carbocycles. The Morgan fingerprint density at radius 3 is 2.86 bits per heavy atom. The summed E-state index contributed by atoms with van der Waals surface area (Å²) < 4.78 is 20.9. The molecular formula is C22H29FN4O2. The number of hydrogen-bond donors (Lipinski definition) is 1. The third kappa shape index (κ3) is 4.51. The number of nitrogens with zero attached hydrogens (tertiary/aromatic N) is 3. The Morgan fingerprint density at radius 1 is 1.31 bits per heavy atom. The van der Waals surface area contributed by atoms with E-state index in [2.05, 4.69) is 29.2 Å². The molecular weight excluding hydrogens is 371 g/mol. The molecule has 1 N–H and O–H groups in total. The van der Waals surface area contributed by atoms with Gasteiger partial charge in [0.1, 0.15) is 5.82 Å². The molecule has 1 fully saturated rings. The minimum Gasteiger partial charge on any atom is -0.374 e. The number of carbonyl (C=O) groups excluding carboxylic acids is 1. The first-order chi connectivity index (χ1) is 14.0. The average Bonchev–Trinajstić information content (AvgIpc) is 3.29. The lowest BCUT2D eigenvalue weighted by Crippen LogP contribution is -2.48. The minimum absolute atomic E-state index is 0.00122. The van der Waals surface area contributed by atoms with Crippen LogP contribution in [0.3, 0.4) is 0 Å². The summed E-state index contributed by atoms with van der Waals surface area (Å²) in [6.45, 7) is 8.42. The highest BCUT2D eigenvalue weighted by Gasteiger charge is 2.28. The second-order valence-corrected chi connectivity index (χ2v) is 8.37. The summed E-state index contributed by atoms with van der Waals surface area (Å²) >= 11 is 0. The molecule has 1 atom stereocenters. The molecule has 2 heterocycles. The van der Waals surface area contributed by atoms with E-state index in [4.69, 9.17) is 4.74 Å². The fourth-order valence-electron chi connectivity index (χ4n) is 4.29. The summed E-state index contributed by atoms with van der Waals surface area (Å²) in [7, 11) is 0. The van der Waals surface area contributed by atoms with Crippen molar-refractivity contribution >= 4 is 5.91 Å². The largest absolute Gasteiger partial charge is 0.374 e. The van der Waals surface area contributed by atoms with Crippen LogP contribution in [0.25, 0.3) is 5.69 Å². The summed E-state index contributed by atoms with van der Waals surface area (Å²) in [5.41, 5.74) is 3.33. The molecule has 0 spiro atoms. The fraction of sp³-hybridized carbons (Fsp3) is 0.545. The fourth-order valence-corrected chi connectivity index (χ4v) is 4.29. The van der Waals surface area contributed by atoms with Gasteiger partial charge in [0.25, 0.3) is 5.91 Å². The zero-order chi connectivity index (χ0) is 20.4. The van der Waals surface area contributed by atoms with E-state index in [9.17, 15) is 9.18 Å². The van der Waals surface area contributed by atoms with Crippen molar-refractivity contribution in [2.45, 2.75) is 39.2 Å². The smallest absolute Gasteiger partial charge is 0.272 e. The summed E-state index contributed by atoms with van der Waals surface area (Å²) in [6.07, 6.45) is 2.73. The molecule has 6 nitrogen and oxygen atoms in total. The van der Waals surface area contributed by atoms with Gasteiger partial charge in [-0.05, 0) is 49.4 Å². The maximum atomic E-state index is 13.3. The zero-order valence-corrected chi connectivity index (χ0v) is 17.2. The predicted molar refractivity (Wildman–Crippen MR) is 109 cm³/mol. The number of aromatic nitrogens is 2. The Balaban J connectivity index is 1.44. The van der Waals surface area contributed by atoms with Gasteiger partial charge in [-0.25, -0.2) is 9.07 Å². The van der Waals surface area contributed by atoms with E-state index in [1.165, 1.54) is 12.1 Å². The summed E-state index contributed by atoms with van der Waals surface area (Å²) in [6, 6.07) is 6.23. The Kier molecular flexibility index (Phi) is 5.96. The molecule has 4 rings (SSSR count). The molecule has 1 saturated heterocycles. The molecule has 0 radical (unpaired) electrons. The summed E-state index contributed by atoms with van der Waals surface area (Å²) in [5, 5.41) is 7.60. The van der Waals surface area contributed by atoms with Crippen molar-refractivity contribution in [2.75, 3.05) is 32.8 Å². The minimum atomic E-state index is -0.283. The van der Waals surface area contributed by atoms with E-state index in [0.29, 0.717) is 24.8 Å². The van der Waals surface area contributed by atoms with Crippen LogP contribution in [-0.4, -0.2) is 59.5 Å². The van der Waals surface area contributed by atoms with Gasteiger partial charge in [-0.1, -0.05) is 13.8 Å². The van der Waals surface area contributed by atoms with Crippen molar-refractivity contribution in [3.8, 4) is 5.69 Å². The Bertz CT molecular complexity index is 862. The Hall–Kier alpha value is -2.25. The summed E-state index contributed by atoms with van der Waals surface area (Å²) in [4.78, 5) is 15.3. The highest BCUT2D eigenvalue weighted by molar-refractivity contribution is 5.94. The van der Waals surface area contributed by atoms with E-state index in [0.717, 1.165) is 55.8 Å². The molecule has 2 aromatic rings. The van der Waals surface area contributed by atoms with Crippen LogP contribution in [0.4, 0.5) is 4.39 Å². The molecule has 1 unspecified atom stereocenters. The van der Waals surface area contributed by atoms with Crippen LogP contribution < -0.4 is 5.32 Å². The number of rotatable bonds is 6. The van der Waals surface area contributed by atoms with Crippen LogP contribution in [0.15, 0.2) is 24.3 Å². The van der Waals surface area contributed by atoms with E-state index in [1.807, 2.05) is 0 Å². The van der Waals surface area contributed by atoms with Gasteiger partial charge < -0.3 is 10.1 Å². The second-order valence-electron chi connectivity index (χ2n) is 8.37. The van der Waals surface area contributed by atoms with Crippen LogP contribution in [0.5, 0.6) is 0 Å². The highest BCUT2D eigenvalue weighted by atomic mass is 19.1. The first-order valence-corrected chi connectivity index (χ1v) is 10.5. The monoisotopic (exact) mass is 400 g/mol. The van der Waals surface area contributed by atoms with Gasteiger partial charge in [0.2, 0.25) is 0 Å². The van der Waals surface area contributed by atoms with Crippen molar-refractivity contribution in [1.82, 2.24) is 20.0 Å². The molecule has 29 heavy (non-hydrogen) atoms. The number of carbonyl (C=O) groups is 1. The van der Waals surface area contributed by atoms with E-state index < -0.39 is 0 Å². The maximum Gasteiger partial charge on any atom is 0.272 e. The lowest BCUT2D eigenvalue weighted by atomic mass is 10.1. The van der Waals surface area contributed by atoms with Gasteiger partial charge in [-0.3, -0.25) is 9.69 Å². The third-order valence-electron chi connectivity index (χ3n) is 5.55. The normalized spacial score (nSPS) is 19.5. The molecule has 0 bridgehead atoms. The van der Waals surface area contributed by atoms with Crippen molar-refractivity contribution in [1.29, 1.82) is 0 Å². The van der Waals surface area contributed by atoms with Crippen LogP contribution in [0.2, 0.25) is 0 Å². The molecule has 156 valence electrons. The molecule has 2 aliphatic rings.